The molecule has 0 saturated heterocycles. The van der Waals surface area contributed by atoms with E-state index in [4.69, 9.17) is 32.4 Å². The Bertz CT molecular complexity index is 707. The van der Waals surface area contributed by atoms with Crippen molar-refractivity contribution in [3.05, 3.63) is 64.6 Å². The van der Waals surface area contributed by atoms with Gasteiger partial charge in [0.25, 0.3) is 0 Å². The second-order valence-corrected chi connectivity index (χ2v) is 4.79. The van der Waals surface area contributed by atoms with E-state index in [0.717, 1.165) is 5.56 Å². The van der Waals surface area contributed by atoms with Crippen LogP contribution in [0.5, 0.6) is 5.75 Å². The average molecular weight is 309 g/mol. The lowest BCUT2D eigenvalue weighted by atomic mass is 10.2. The Kier molecular flexibility index (Phi) is 3.67. The summed E-state index contributed by atoms with van der Waals surface area (Å²) in [5.41, 5.74) is 1.05. The lowest BCUT2D eigenvalue weighted by Gasteiger charge is -2.04. The molecule has 0 bridgehead atoms. The summed E-state index contributed by atoms with van der Waals surface area (Å²) in [6.45, 7) is 0.422. The van der Waals surface area contributed by atoms with Gasteiger partial charge in [-0.15, -0.1) is 0 Å². The highest BCUT2D eigenvalue weighted by Crippen LogP contribution is 2.28. The van der Waals surface area contributed by atoms with Gasteiger partial charge in [0.15, 0.2) is 16.1 Å². The molecule has 0 N–H and O–H groups in total. The Morgan fingerprint density at radius 3 is 2.60 bits per heavy atom. The molecule has 0 unspecified atom stereocenters. The summed E-state index contributed by atoms with van der Waals surface area (Å²) in [6.07, 6.45) is 1.54. The van der Waals surface area contributed by atoms with E-state index in [1.165, 1.54) is 4.68 Å². The van der Waals surface area contributed by atoms with E-state index in [1.54, 1.807) is 18.3 Å². The minimum absolute atomic E-state index is 0.276. The molecule has 0 aliphatic rings. The van der Waals surface area contributed by atoms with Gasteiger partial charge in [0.05, 0.1) is 6.20 Å². The molecule has 0 fully saturated rings. The first-order chi connectivity index (χ1) is 9.74. The Balaban J connectivity index is 1.77. The minimum Gasteiger partial charge on any atom is -0.484 e. The molecule has 1 aromatic carbocycles. The number of benzene rings is 1. The quantitative estimate of drug-likeness (QED) is 0.719. The Labute approximate surface area is 125 Å². The van der Waals surface area contributed by atoms with Gasteiger partial charge >= 0.3 is 0 Å². The monoisotopic (exact) mass is 308 g/mol. The predicted octanol–water partition coefficient (Wildman–Crippen LogP) is 4.35. The molecule has 3 rings (SSSR count). The standard InChI is InChI=1S/C14H10Cl2N2O2/c15-12-6-7-13(20-12)18-14(16)11(8-17-18)19-9-10-4-2-1-3-5-10/h1-8H,9H2. The zero-order chi connectivity index (χ0) is 13.9. The maximum absolute atomic E-state index is 6.21. The molecular formula is C14H10Cl2N2O2. The summed E-state index contributed by atoms with van der Waals surface area (Å²) in [4.78, 5) is 0. The summed E-state index contributed by atoms with van der Waals surface area (Å²) in [5.74, 6) is 0.928. The van der Waals surface area contributed by atoms with Crippen LogP contribution in [-0.2, 0) is 6.61 Å². The van der Waals surface area contributed by atoms with E-state index in [-0.39, 0.29) is 5.22 Å². The number of ether oxygens (including phenoxy) is 1. The Morgan fingerprint density at radius 1 is 1.10 bits per heavy atom. The van der Waals surface area contributed by atoms with Crippen LogP contribution in [0.2, 0.25) is 10.4 Å². The van der Waals surface area contributed by atoms with E-state index < -0.39 is 0 Å². The molecule has 102 valence electrons. The fourth-order valence-corrected chi connectivity index (χ4v) is 2.10. The first-order valence-corrected chi connectivity index (χ1v) is 6.65. The zero-order valence-corrected chi connectivity index (χ0v) is 11.8. The maximum atomic E-state index is 6.21. The van der Waals surface area contributed by atoms with Crippen molar-refractivity contribution in [2.24, 2.45) is 0 Å². The number of hydrogen-bond donors (Lipinski definition) is 0. The molecule has 20 heavy (non-hydrogen) atoms. The molecule has 0 radical (unpaired) electrons. The SMILES string of the molecule is Clc1ccc(-n2ncc(OCc3ccccc3)c2Cl)o1. The molecule has 2 heterocycles. The van der Waals surface area contributed by atoms with Crippen LogP contribution in [-0.4, -0.2) is 9.78 Å². The van der Waals surface area contributed by atoms with Crippen molar-refractivity contribution in [2.75, 3.05) is 0 Å². The molecule has 6 heteroatoms. The van der Waals surface area contributed by atoms with E-state index in [9.17, 15) is 0 Å². The van der Waals surface area contributed by atoms with Crippen LogP contribution in [0.25, 0.3) is 5.88 Å². The topological polar surface area (TPSA) is 40.2 Å². The number of rotatable bonds is 4. The molecule has 0 atom stereocenters. The highest BCUT2D eigenvalue weighted by molar-refractivity contribution is 6.31. The van der Waals surface area contributed by atoms with Crippen molar-refractivity contribution in [1.82, 2.24) is 9.78 Å². The van der Waals surface area contributed by atoms with Gasteiger partial charge in [-0.1, -0.05) is 41.9 Å². The van der Waals surface area contributed by atoms with Gasteiger partial charge in [-0.05, 0) is 23.2 Å². The van der Waals surface area contributed by atoms with Gasteiger partial charge in [-0.3, -0.25) is 0 Å². The van der Waals surface area contributed by atoms with Gasteiger partial charge in [-0.2, -0.15) is 9.78 Å². The predicted molar refractivity (Wildman–Crippen MR) is 76.6 cm³/mol. The van der Waals surface area contributed by atoms with Gasteiger partial charge in [-0.25, -0.2) is 0 Å². The van der Waals surface area contributed by atoms with E-state index in [2.05, 4.69) is 5.10 Å². The summed E-state index contributed by atoms with van der Waals surface area (Å²) in [7, 11) is 0. The molecular weight excluding hydrogens is 299 g/mol. The highest BCUT2D eigenvalue weighted by Gasteiger charge is 2.14. The van der Waals surface area contributed by atoms with Crippen molar-refractivity contribution < 1.29 is 9.15 Å². The molecule has 0 spiro atoms. The van der Waals surface area contributed by atoms with Crippen molar-refractivity contribution >= 4 is 23.2 Å². The Morgan fingerprint density at radius 2 is 1.90 bits per heavy atom. The normalized spacial score (nSPS) is 10.7. The number of hydrogen-bond acceptors (Lipinski definition) is 3. The van der Waals surface area contributed by atoms with Gasteiger partial charge < -0.3 is 9.15 Å². The fraction of sp³-hybridized carbons (Fsp3) is 0.0714. The molecule has 0 saturated carbocycles. The molecule has 0 aliphatic carbocycles. The first kappa shape index (κ1) is 13.1. The largest absolute Gasteiger partial charge is 0.484 e. The van der Waals surface area contributed by atoms with E-state index in [0.29, 0.717) is 23.4 Å². The zero-order valence-electron chi connectivity index (χ0n) is 10.3. The third kappa shape index (κ3) is 2.66. The van der Waals surface area contributed by atoms with Crippen molar-refractivity contribution in [1.29, 1.82) is 0 Å². The van der Waals surface area contributed by atoms with Crippen molar-refractivity contribution in [3.8, 4) is 11.6 Å². The summed E-state index contributed by atoms with van der Waals surface area (Å²) >= 11 is 11.9. The highest BCUT2D eigenvalue weighted by atomic mass is 35.5. The third-order valence-corrected chi connectivity index (χ3v) is 3.23. The van der Waals surface area contributed by atoms with Crippen LogP contribution < -0.4 is 4.74 Å². The Hall–Kier alpha value is -1.91. The second-order valence-electron chi connectivity index (χ2n) is 4.06. The molecule has 0 aliphatic heterocycles. The average Bonchev–Trinajstić information content (AvgIpc) is 3.04. The van der Waals surface area contributed by atoms with E-state index >= 15 is 0 Å². The first-order valence-electron chi connectivity index (χ1n) is 5.90. The number of furan rings is 1. The second kappa shape index (κ2) is 5.61. The lowest BCUT2D eigenvalue weighted by Crippen LogP contribution is -1.96. The van der Waals surface area contributed by atoms with Gasteiger partial charge in [0.1, 0.15) is 6.61 Å². The lowest BCUT2D eigenvalue weighted by molar-refractivity contribution is 0.306. The van der Waals surface area contributed by atoms with Crippen molar-refractivity contribution in [3.63, 3.8) is 0 Å². The van der Waals surface area contributed by atoms with Crippen LogP contribution in [0, 0.1) is 0 Å². The summed E-state index contributed by atoms with van der Waals surface area (Å²) < 4.78 is 12.3. The summed E-state index contributed by atoms with van der Waals surface area (Å²) in [6, 6.07) is 13.1. The number of halogens is 2. The van der Waals surface area contributed by atoms with E-state index in [1.807, 2.05) is 30.3 Å². The maximum Gasteiger partial charge on any atom is 0.223 e. The van der Waals surface area contributed by atoms with Crippen LogP contribution >= 0.6 is 23.2 Å². The molecule has 4 nitrogen and oxygen atoms in total. The summed E-state index contributed by atoms with van der Waals surface area (Å²) in [5, 5.41) is 4.73. The fourth-order valence-electron chi connectivity index (χ4n) is 1.72. The van der Waals surface area contributed by atoms with Crippen molar-refractivity contribution in [2.45, 2.75) is 6.61 Å². The number of aromatic nitrogens is 2. The van der Waals surface area contributed by atoms with Gasteiger partial charge in [0, 0.05) is 6.07 Å². The molecule has 2 aromatic heterocycles. The molecule has 3 aromatic rings. The van der Waals surface area contributed by atoms with Crippen LogP contribution in [0.3, 0.4) is 0 Å². The van der Waals surface area contributed by atoms with Crippen LogP contribution in [0.4, 0.5) is 0 Å². The molecule has 0 amide bonds. The van der Waals surface area contributed by atoms with Crippen LogP contribution in [0.15, 0.2) is 53.1 Å². The van der Waals surface area contributed by atoms with Crippen LogP contribution in [0.1, 0.15) is 5.56 Å². The smallest absolute Gasteiger partial charge is 0.223 e. The van der Waals surface area contributed by atoms with Gasteiger partial charge in [0.2, 0.25) is 5.88 Å². The third-order valence-electron chi connectivity index (χ3n) is 2.68. The number of nitrogens with zero attached hydrogens (tertiary/aromatic N) is 2. The minimum atomic E-state index is 0.276.